The molecule has 0 bridgehead atoms. The number of carbonyl (C=O) groups is 1. The third kappa shape index (κ3) is 4.45. The van der Waals surface area contributed by atoms with E-state index in [9.17, 15) is 9.90 Å². The molecular formula is C22H27NO3. The van der Waals surface area contributed by atoms with Crippen molar-refractivity contribution in [1.29, 1.82) is 0 Å². The number of ether oxygens (including phenoxy) is 1. The number of phenolic OH excluding ortho intramolecular Hbond substituents is 1. The van der Waals surface area contributed by atoms with Crippen molar-refractivity contribution in [2.45, 2.75) is 39.5 Å². The number of aromatic hydroxyl groups is 1. The van der Waals surface area contributed by atoms with Gasteiger partial charge in [-0.05, 0) is 60.9 Å². The van der Waals surface area contributed by atoms with Crippen LogP contribution in [-0.4, -0.2) is 18.0 Å². The molecule has 0 atom stereocenters. The molecule has 4 nitrogen and oxygen atoms in total. The lowest BCUT2D eigenvalue weighted by atomic mass is 9.96. The van der Waals surface area contributed by atoms with E-state index in [-0.39, 0.29) is 5.78 Å². The van der Waals surface area contributed by atoms with Crippen LogP contribution in [0.3, 0.4) is 0 Å². The predicted octanol–water partition coefficient (Wildman–Crippen LogP) is 4.78. The SMILES string of the molecule is CCCc1cc(C=CC(=O)c2ccc(N)cc2)c(OC)c(CCC)c1O. The number of nitrogens with two attached hydrogens (primary N) is 1. The average molecular weight is 353 g/mol. The van der Waals surface area contributed by atoms with E-state index in [0.29, 0.717) is 22.7 Å². The van der Waals surface area contributed by atoms with Gasteiger partial charge in [-0.15, -0.1) is 0 Å². The van der Waals surface area contributed by atoms with Crippen LogP contribution in [-0.2, 0) is 12.8 Å². The molecule has 0 amide bonds. The number of carbonyl (C=O) groups excluding carboxylic acids is 1. The summed E-state index contributed by atoms with van der Waals surface area (Å²) in [6, 6.07) is 8.74. The van der Waals surface area contributed by atoms with Gasteiger partial charge in [0.15, 0.2) is 5.78 Å². The van der Waals surface area contributed by atoms with Gasteiger partial charge in [0.25, 0.3) is 0 Å². The summed E-state index contributed by atoms with van der Waals surface area (Å²) in [6.45, 7) is 4.13. The molecule has 138 valence electrons. The fourth-order valence-corrected chi connectivity index (χ4v) is 3.01. The first-order valence-electron chi connectivity index (χ1n) is 9.01. The van der Waals surface area contributed by atoms with Crippen LogP contribution in [0.1, 0.15) is 53.7 Å². The summed E-state index contributed by atoms with van der Waals surface area (Å²) in [7, 11) is 1.59. The third-order valence-corrected chi connectivity index (χ3v) is 4.29. The summed E-state index contributed by atoms with van der Waals surface area (Å²) in [5.74, 6) is 0.840. The number of hydrogen-bond donors (Lipinski definition) is 2. The topological polar surface area (TPSA) is 72.6 Å². The van der Waals surface area contributed by atoms with Crippen molar-refractivity contribution >= 4 is 17.5 Å². The molecule has 26 heavy (non-hydrogen) atoms. The Labute approximate surface area is 155 Å². The van der Waals surface area contributed by atoms with Crippen LogP contribution >= 0.6 is 0 Å². The van der Waals surface area contributed by atoms with Crippen LogP contribution in [0.5, 0.6) is 11.5 Å². The molecule has 0 aliphatic rings. The second-order valence-electron chi connectivity index (χ2n) is 6.30. The van der Waals surface area contributed by atoms with Crippen LogP contribution in [0.4, 0.5) is 5.69 Å². The number of methoxy groups -OCH3 is 1. The second kappa shape index (κ2) is 9.09. The van der Waals surface area contributed by atoms with Crippen molar-refractivity contribution < 1.29 is 14.6 Å². The molecule has 0 saturated carbocycles. The second-order valence-corrected chi connectivity index (χ2v) is 6.30. The van der Waals surface area contributed by atoms with Crippen molar-refractivity contribution in [2.75, 3.05) is 12.8 Å². The van der Waals surface area contributed by atoms with Crippen molar-refractivity contribution in [2.24, 2.45) is 0 Å². The number of aryl methyl sites for hydroxylation is 1. The average Bonchev–Trinajstić information content (AvgIpc) is 2.64. The molecule has 0 aromatic heterocycles. The van der Waals surface area contributed by atoms with E-state index in [1.54, 1.807) is 37.5 Å². The minimum Gasteiger partial charge on any atom is -0.507 e. The van der Waals surface area contributed by atoms with E-state index in [1.165, 1.54) is 6.08 Å². The van der Waals surface area contributed by atoms with Gasteiger partial charge in [0.05, 0.1) is 7.11 Å². The molecule has 2 aromatic rings. The monoisotopic (exact) mass is 353 g/mol. The summed E-state index contributed by atoms with van der Waals surface area (Å²) in [5.41, 5.74) is 9.37. The fourth-order valence-electron chi connectivity index (χ4n) is 3.01. The largest absolute Gasteiger partial charge is 0.507 e. The molecule has 4 heteroatoms. The zero-order chi connectivity index (χ0) is 19.1. The molecule has 0 radical (unpaired) electrons. The molecule has 0 saturated heterocycles. The van der Waals surface area contributed by atoms with Gasteiger partial charge in [0, 0.05) is 22.4 Å². The van der Waals surface area contributed by atoms with Gasteiger partial charge in [-0.25, -0.2) is 0 Å². The Bertz CT molecular complexity index is 792. The predicted molar refractivity (Wildman–Crippen MR) is 107 cm³/mol. The minimum atomic E-state index is -0.103. The summed E-state index contributed by atoms with van der Waals surface area (Å²) in [6.07, 6.45) is 6.62. The first-order valence-corrected chi connectivity index (χ1v) is 9.01. The van der Waals surface area contributed by atoms with E-state index in [1.807, 2.05) is 6.07 Å². The fraction of sp³-hybridized carbons (Fsp3) is 0.318. The number of hydrogen-bond acceptors (Lipinski definition) is 4. The Morgan fingerprint density at radius 2 is 1.81 bits per heavy atom. The van der Waals surface area contributed by atoms with E-state index >= 15 is 0 Å². The number of rotatable bonds is 8. The maximum Gasteiger partial charge on any atom is 0.185 e. The molecule has 0 aliphatic carbocycles. The van der Waals surface area contributed by atoms with Crippen molar-refractivity contribution in [3.8, 4) is 11.5 Å². The third-order valence-electron chi connectivity index (χ3n) is 4.29. The van der Waals surface area contributed by atoms with E-state index in [4.69, 9.17) is 10.5 Å². The molecule has 0 heterocycles. The van der Waals surface area contributed by atoms with Crippen molar-refractivity contribution in [3.63, 3.8) is 0 Å². The zero-order valence-electron chi connectivity index (χ0n) is 15.7. The Kier molecular flexibility index (Phi) is 6.84. The summed E-state index contributed by atoms with van der Waals surface area (Å²) < 4.78 is 5.56. The molecule has 0 spiro atoms. The number of ketones is 1. The van der Waals surface area contributed by atoms with Crippen molar-refractivity contribution in [3.05, 3.63) is 58.7 Å². The first-order chi connectivity index (χ1) is 12.5. The lowest BCUT2D eigenvalue weighted by molar-refractivity contribution is 0.104. The van der Waals surface area contributed by atoms with Gasteiger partial charge in [0.1, 0.15) is 11.5 Å². The zero-order valence-corrected chi connectivity index (χ0v) is 15.7. The maximum atomic E-state index is 12.4. The van der Waals surface area contributed by atoms with Crippen LogP contribution in [0.2, 0.25) is 0 Å². The van der Waals surface area contributed by atoms with Gasteiger partial charge in [-0.1, -0.05) is 26.7 Å². The van der Waals surface area contributed by atoms with E-state index in [2.05, 4.69) is 13.8 Å². The molecule has 2 aromatic carbocycles. The number of benzene rings is 2. The lowest BCUT2D eigenvalue weighted by Gasteiger charge is -2.16. The molecular weight excluding hydrogens is 326 g/mol. The van der Waals surface area contributed by atoms with Crippen molar-refractivity contribution in [1.82, 2.24) is 0 Å². The van der Waals surface area contributed by atoms with Gasteiger partial charge in [0.2, 0.25) is 0 Å². The van der Waals surface area contributed by atoms with Crippen LogP contribution in [0.15, 0.2) is 36.4 Å². The van der Waals surface area contributed by atoms with E-state index < -0.39 is 0 Å². The van der Waals surface area contributed by atoms with Gasteiger partial charge < -0.3 is 15.6 Å². The molecule has 0 unspecified atom stereocenters. The Morgan fingerprint density at radius 1 is 1.15 bits per heavy atom. The molecule has 0 aliphatic heterocycles. The normalized spacial score (nSPS) is 11.0. The quantitative estimate of drug-likeness (QED) is 0.407. The van der Waals surface area contributed by atoms with Gasteiger partial charge in [-0.2, -0.15) is 0 Å². The molecule has 2 rings (SSSR count). The highest BCUT2D eigenvalue weighted by Crippen LogP contribution is 2.37. The highest BCUT2D eigenvalue weighted by Gasteiger charge is 2.16. The number of phenols is 1. The Hall–Kier alpha value is -2.75. The minimum absolute atomic E-state index is 0.103. The lowest BCUT2D eigenvalue weighted by Crippen LogP contribution is -2.00. The van der Waals surface area contributed by atoms with Gasteiger partial charge >= 0.3 is 0 Å². The standard InChI is InChI=1S/C22H27NO3/c1-4-6-16-14-17(22(26-3)19(7-5-2)21(16)25)10-13-20(24)15-8-11-18(23)12-9-15/h8-14,25H,4-7,23H2,1-3H3. The Morgan fingerprint density at radius 3 is 2.38 bits per heavy atom. The highest BCUT2D eigenvalue weighted by molar-refractivity contribution is 6.07. The number of nitrogen functional groups attached to an aromatic ring is 1. The Balaban J connectivity index is 2.43. The number of allylic oxidation sites excluding steroid dienone is 1. The smallest absolute Gasteiger partial charge is 0.185 e. The van der Waals surface area contributed by atoms with Gasteiger partial charge in [-0.3, -0.25) is 4.79 Å². The van der Waals surface area contributed by atoms with Crippen LogP contribution < -0.4 is 10.5 Å². The van der Waals surface area contributed by atoms with Crippen LogP contribution in [0.25, 0.3) is 6.08 Å². The van der Waals surface area contributed by atoms with E-state index in [0.717, 1.165) is 42.4 Å². The summed E-state index contributed by atoms with van der Waals surface area (Å²) in [4.78, 5) is 12.4. The highest BCUT2D eigenvalue weighted by atomic mass is 16.5. The maximum absolute atomic E-state index is 12.4. The summed E-state index contributed by atoms with van der Waals surface area (Å²) in [5, 5.41) is 10.6. The number of anilines is 1. The first kappa shape index (κ1) is 19.6. The molecule has 0 fully saturated rings. The molecule has 3 N–H and O–H groups in total. The van der Waals surface area contributed by atoms with Crippen LogP contribution in [0, 0.1) is 0 Å². The summed E-state index contributed by atoms with van der Waals surface area (Å²) >= 11 is 0.